The van der Waals surface area contributed by atoms with Crippen LogP contribution in [0.1, 0.15) is 10.6 Å². The van der Waals surface area contributed by atoms with Crippen LogP contribution < -0.4 is 5.73 Å². The van der Waals surface area contributed by atoms with E-state index in [0.717, 1.165) is 23.1 Å². The number of rotatable bonds is 4. The van der Waals surface area contributed by atoms with Gasteiger partial charge < -0.3 is 5.73 Å². The normalized spacial score (nSPS) is 10.8. The van der Waals surface area contributed by atoms with Gasteiger partial charge >= 0.3 is 0 Å². The highest BCUT2D eigenvalue weighted by Crippen LogP contribution is 2.23. The summed E-state index contributed by atoms with van der Waals surface area (Å²) in [5, 5.41) is 10.1. The maximum absolute atomic E-state index is 5.45. The molecule has 80 valence electrons. The van der Waals surface area contributed by atoms with Crippen LogP contribution in [0.2, 0.25) is 0 Å². The number of hydrogen-bond donors (Lipinski definition) is 1. The highest BCUT2D eigenvalue weighted by molar-refractivity contribution is 9.10. The van der Waals surface area contributed by atoms with Crippen LogP contribution in [-0.4, -0.2) is 21.5 Å². The van der Waals surface area contributed by atoms with Crippen LogP contribution >= 0.6 is 27.3 Å². The minimum absolute atomic E-state index is 0.612. The van der Waals surface area contributed by atoms with E-state index in [2.05, 4.69) is 31.6 Å². The van der Waals surface area contributed by atoms with Crippen molar-refractivity contribution >= 4 is 27.3 Å². The number of hydrogen-bond acceptors (Lipinski definition) is 4. The van der Waals surface area contributed by atoms with Crippen LogP contribution in [0.3, 0.4) is 0 Å². The summed E-state index contributed by atoms with van der Waals surface area (Å²) >= 11 is 5.20. The molecule has 0 aliphatic heterocycles. The van der Waals surface area contributed by atoms with E-state index in [1.165, 1.54) is 4.88 Å². The standard InChI is InChI=1S/C9H11BrN4S/c10-8-2-4-15-9(8)6-14-5-7(1-3-11)12-13-14/h2,4-5H,1,3,6,11H2. The van der Waals surface area contributed by atoms with Crippen molar-refractivity contribution in [3.05, 3.63) is 32.7 Å². The molecule has 0 aromatic carbocycles. The molecule has 0 atom stereocenters. The summed E-state index contributed by atoms with van der Waals surface area (Å²) in [6, 6.07) is 2.04. The second-order valence-corrected chi connectivity index (χ2v) is 4.99. The van der Waals surface area contributed by atoms with Crippen molar-refractivity contribution in [3.63, 3.8) is 0 Å². The minimum Gasteiger partial charge on any atom is -0.330 e. The largest absolute Gasteiger partial charge is 0.330 e. The average molecular weight is 287 g/mol. The molecule has 0 aliphatic carbocycles. The molecule has 2 N–H and O–H groups in total. The number of thiophene rings is 1. The number of nitrogens with two attached hydrogens (primary N) is 1. The monoisotopic (exact) mass is 286 g/mol. The second-order valence-electron chi connectivity index (χ2n) is 3.14. The van der Waals surface area contributed by atoms with Gasteiger partial charge in [0.2, 0.25) is 0 Å². The van der Waals surface area contributed by atoms with E-state index in [1.54, 1.807) is 11.3 Å². The van der Waals surface area contributed by atoms with E-state index in [9.17, 15) is 0 Å². The maximum atomic E-state index is 5.45. The van der Waals surface area contributed by atoms with Crippen LogP contribution in [0.15, 0.2) is 22.1 Å². The van der Waals surface area contributed by atoms with Crippen LogP contribution in [0, 0.1) is 0 Å². The zero-order valence-electron chi connectivity index (χ0n) is 8.06. The van der Waals surface area contributed by atoms with E-state index >= 15 is 0 Å². The number of halogens is 1. The second kappa shape index (κ2) is 4.87. The smallest absolute Gasteiger partial charge is 0.0839 e. The molecule has 0 radical (unpaired) electrons. The van der Waals surface area contributed by atoms with Crippen molar-refractivity contribution in [2.45, 2.75) is 13.0 Å². The molecule has 0 spiro atoms. The summed E-state index contributed by atoms with van der Waals surface area (Å²) in [6.07, 6.45) is 2.73. The summed E-state index contributed by atoms with van der Waals surface area (Å²) in [4.78, 5) is 1.25. The van der Waals surface area contributed by atoms with Crippen molar-refractivity contribution in [3.8, 4) is 0 Å². The molecule has 2 heterocycles. The Bertz CT molecular complexity index is 437. The third kappa shape index (κ3) is 2.64. The van der Waals surface area contributed by atoms with Gasteiger partial charge in [-0.1, -0.05) is 5.21 Å². The SMILES string of the molecule is NCCc1cn(Cc2sccc2Br)nn1. The van der Waals surface area contributed by atoms with Gasteiger partial charge in [-0.05, 0) is 33.9 Å². The Kier molecular flexibility index (Phi) is 3.50. The summed E-state index contributed by atoms with van der Waals surface area (Å²) in [5.74, 6) is 0. The molecule has 0 saturated heterocycles. The number of aromatic nitrogens is 3. The third-order valence-electron chi connectivity index (χ3n) is 1.98. The van der Waals surface area contributed by atoms with E-state index in [4.69, 9.17) is 5.73 Å². The lowest BCUT2D eigenvalue weighted by Crippen LogP contribution is -2.02. The first-order valence-electron chi connectivity index (χ1n) is 4.60. The topological polar surface area (TPSA) is 56.7 Å². The Labute approximate surface area is 100 Å². The van der Waals surface area contributed by atoms with E-state index in [1.807, 2.05) is 16.9 Å². The number of nitrogens with zero attached hydrogens (tertiary/aromatic N) is 3. The molecular formula is C9H11BrN4S. The molecule has 2 rings (SSSR count). The van der Waals surface area contributed by atoms with Gasteiger partial charge in [0.15, 0.2) is 0 Å². The van der Waals surface area contributed by atoms with Crippen molar-refractivity contribution in [1.29, 1.82) is 0 Å². The molecule has 6 heteroatoms. The Balaban J connectivity index is 2.08. The zero-order valence-corrected chi connectivity index (χ0v) is 10.5. The minimum atomic E-state index is 0.612. The molecule has 0 fully saturated rings. The molecule has 0 unspecified atom stereocenters. The highest BCUT2D eigenvalue weighted by Gasteiger charge is 2.04. The first-order chi connectivity index (χ1) is 7.29. The van der Waals surface area contributed by atoms with Gasteiger partial charge in [-0.15, -0.1) is 16.4 Å². The van der Waals surface area contributed by atoms with Gasteiger partial charge in [0.1, 0.15) is 0 Å². The summed E-state index contributed by atoms with van der Waals surface area (Å²) in [5.41, 5.74) is 6.40. The molecule has 0 aliphatic rings. The summed E-state index contributed by atoms with van der Waals surface area (Å²) < 4.78 is 2.96. The Morgan fingerprint density at radius 3 is 3.07 bits per heavy atom. The van der Waals surface area contributed by atoms with Crippen molar-refractivity contribution in [2.24, 2.45) is 5.73 Å². The lowest BCUT2D eigenvalue weighted by atomic mass is 10.3. The fourth-order valence-corrected chi connectivity index (χ4v) is 2.73. The van der Waals surface area contributed by atoms with Gasteiger partial charge in [-0.2, -0.15) is 0 Å². The van der Waals surface area contributed by atoms with Crippen molar-refractivity contribution in [2.75, 3.05) is 6.54 Å². The van der Waals surface area contributed by atoms with Gasteiger partial charge in [0.25, 0.3) is 0 Å². The highest BCUT2D eigenvalue weighted by atomic mass is 79.9. The fourth-order valence-electron chi connectivity index (χ4n) is 1.26. The molecule has 4 nitrogen and oxygen atoms in total. The Morgan fingerprint density at radius 1 is 1.53 bits per heavy atom. The fraction of sp³-hybridized carbons (Fsp3) is 0.333. The van der Waals surface area contributed by atoms with Crippen LogP contribution in [-0.2, 0) is 13.0 Å². The van der Waals surface area contributed by atoms with Gasteiger partial charge in [0.05, 0.1) is 12.2 Å². The van der Waals surface area contributed by atoms with E-state index in [0.29, 0.717) is 6.54 Å². The van der Waals surface area contributed by atoms with Gasteiger partial charge in [-0.25, -0.2) is 4.68 Å². The first kappa shape index (κ1) is 10.8. The van der Waals surface area contributed by atoms with Crippen LogP contribution in [0.25, 0.3) is 0 Å². The molecule has 15 heavy (non-hydrogen) atoms. The van der Waals surface area contributed by atoms with Gasteiger partial charge in [-0.3, -0.25) is 0 Å². The Hall–Kier alpha value is -0.720. The lowest BCUT2D eigenvalue weighted by Gasteiger charge is -1.97. The van der Waals surface area contributed by atoms with Crippen LogP contribution in [0.4, 0.5) is 0 Å². The summed E-state index contributed by atoms with van der Waals surface area (Å²) in [7, 11) is 0. The predicted octanol–water partition coefficient (Wildman–Crippen LogP) is 1.65. The molecule has 2 aromatic rings. The van der Waals surface area contributed by atoms with Crippen LogP contribution in [0.5, 0.6) is 0 Å². The third-order valence-corrected chi connectivity index (χ3v) is 3.89. The van der Waals surface area contributed by atoms with Crippen molar-refractivity contribution < 1.29 is 0 Å². The molecule has 0 saturated carbocycles. The van der Waals surface area contributed by atoms with Crippen molar-refractivity contribution in [1.82, 2.24) is 15.0 Å². The van der Waals surface area contributed by atoms with Gasteiger partial charge in [0, 0.05) is 22.0 Å². The summed E-state index contributed by atoms with van der Waals surface area (Å²) in [6.45, 7) is 1.37. The molecule has 0 amide bonds. The molecular weight excluding hydrogens is 276 g/mol. The Morgan fingerprint density at radius 2 is 2.40 bits per heavy atom. The quantitative estimate of drug-likeness (QED) is 0.930. The lowest BCUT2D eigenvalue weighted by molar-refractivity contribution is 0.654. The first-order valence-corrected chi connectivity index (χ1v) is 6.28. The molecule has 0 bridgehead atoms. The maximum Gasteiger partial charge on any atom is 0.0839 e. The predicted molar refractivity (Wildman–Crippen MR) is 63.9 cm³/mol. The van der Waals surface area contributed by atoms with E-state index in [-0.39, 0.29) is 0 Å². The molecule has 2 aromatic heterocycles. The average Bonchev–Trinajstić information content (AvgIpc) is 2.79. The van der Waals surface area contributed by atoms with E-state index < -0.39 is 0 Å². The zero-order chi connectivity index (χ0) is 10.7.